The Morgan fingerprint density at radius 1 is 1.21 bits per heavy atom. The lowest BCUT2D eigenvalue weighted by atomic mass is 9.96. The summed E-state index contributed by atoms with van der Waals surface area (Å²) in [5, 5.41) is 3.41. The summed E-state index contributed by atoms with van der Waals surface area (Å²) in [6.07, 6.45) is 0.520. The van der Waals surface area contributed by atoms with Gasteiger partial charge in [-0.15, -0.1) is 0 Å². The van der Waals surface area contributed by atoms with Crippen LogP contribution in [0.3, 0.4) is 0 Å². The van der Waals surface area contributed by atoms with Crippen LogP contribution in [0, 0.1) is 5.92 Å². The zero-order valence-electron chi connectivity index (χ0n) is 13.0. The molecule has 124 valence electrons. The number of amides is 1. The van der Waals surface area contributed by atoms with Gasteiger partial charge in [-0.05, 0) is 54.4 Å². The van der Waals surface area contributed by atoms with Crippen LogP contribution in [0.5, 0.6) is 5.75 Å². The molecule has 1 aliphatic heterocycles. The normalized spacial score (nSPS) is 15.8. The minimum absolute atomic E-state index is 0.229. The first-order valence-corrected chi connectivity index (χ1v) is 7.85. The van der Waals surface area contributed by atoms with Crippen molar-refractivity contribution in [2.75, 3.05) is 19.0 Å². The summed E-state index contributed by atoms with van der Waals surface area (Å²) in [4.78, 5) is 23.9. The molecule has 6 heteroatoms. The van der Waals surface area contributed by atoms with E-state index in [-0.39, 0.29) is 17.8 Å². The van der Waals surface area contributed by atoms with Gasteiger partial charge in [-0.1, -0.05) is 11.6 Å². The number of carbonyl (C=O) groups excluding carboxylic acids is 2. The lowest BCUT2D eigenvalue weighted by molar-refractivity contribution is -0.146. The Balaban J connectivity index is 1.75. The standard InChI is InChI=1S/C18H16ClNO4/c1-23-18(22)13-8-12-9-15(6-7-16(12)24-10-13)20-17(21)11-2-4-14(19)5-3-11/h2-7,9,13H,8,10H2,1H3,(H,20,21). The first-order chi connectivity index (χ1) is 11.6. The highest BCUT2D eigenvalue weighted by Gasteiger charge is 2.27. The molecule has 0 radical (unpaired) electrons. The van der Waals surface area contributed by atoms with Gasteiger partial charge in [-0.2, -0.15) is 0 Å². The fourth-order valence-electron chi connectivity index (χ4n) is 2.59. The molecule has 0 spiro atoms. The number of halogens is 1. The molecule has 2 aromatic rings. The third-order valence-corrected chi connectivity index (χ3v) is 4.12. The molecule has 1 aliphatic rings. The molecular weight excluding hydrogens is 330 g/mol. The lowest BCUT2D eigenvalue weighted by Crippen LogP contribution is -2.29. The smallest absolute Gasteiger partial charge is 0.312 e. The second-order valence-electron chi connectivity index (χ2n) is 5.52. The number of methoxy groups -OCH3 is 1. The van der Waals surface area contributed by atoms with E-state index >= 15 is 0 Å². The van der Waals surface area contributed by atoms with E-state index in [0.29, 0.717) is 29.3 Å². The molecule has 24 heavy (non-hydrogen) atoms. The van der Waals surface area contributed by atoms with Gasteiger partial charge < -0.3 is 14.8 Å². The SMILES string of the molecule is COC(=O)C1COc2ccc(NC(=O)c3ccc(Cl)cc3)cc2C1. The van der Waals surface area contributed by atoms with Crippen LogP contribution in [-0.2, 0) is 16.0 Å². The molecule has 0 saturated carbocycles. The summed E-state index contributed by atoms with van der Waals surface area (Å²) in [6, 6.07) is 12.0. The Morgan fingerprint density at radius 3 is 2.67 bits per heavy atom. The van der Waals surface area contributed by atoms with Crippen LogP contribution in [0.15, 0.2) is 42.5 Å². The largest absolute Gasteiger partial charge is 0.492 e. The molecule has 0 saturated heterocycles. The highest BCUT2D eigenvalue weighted by Crippen LogP contribution is 2.30. The van der Waals surface area contributed by atoms with Crippen molar-refractivity contribution in [1.82, 2.24) is 0 Å². The van der Waals surface area contributed by atoms with Gasteiger partial charge in [-0.25, -0.2) is 0 Å². The fraction of sp³-hybridized carbons (Fsp3) is 0.222. The van der Waals surface area contributed by atoms with E-state index in [4.69, 9.17) is 21.1 Å². The predicted octanol–water partition coefficient (Wildman–Crippen LogP) is 3.32. The molecule has 2 aromatic carbocycles. The number of hydrogen-bond acceptors (Lipinski definition) is 4. The fourth-order valence-corrected chi connectivity index (χ4v) is 2.72. The highest BCUT2D eigenvalue weighted by molar-refractivity contribution is 6.30. The first-order valence-electron chi connectivity index (χ1n) is 7.47. The third kappa shape index (κ3) is 3.51. The molecular formula is C18H16ClNO4. The highest BCUT2D eigenvalue weighted by atomic mass is 35.5. The summed E-state index contributed by atoms with van der Waals surface area (Å²) in [6.45, 7) is 0.302. The number of hydrogen-bond donors (Lipinski definition) is 1. The van der Waals surface area contributed by atoms with Gasteiger partial charge >= 0.3 is 5.97 Å². The Labute approximate surface area is 144 Å². The zero-order valence-corrected chi connectivity index (χ0v) is 13.8. The van der Waals surface area contributed by atoms with Crippen molar-refractivity contribution in [2.24, 2.45) is 5.92 Å². The molecule has 1 atom stereocenters. The maximum Gasteiger partial charge on any atom is 0.312 e. The number of nitrogens with one attached hydrogen (secondary N) is 1. The van der Waals surface area contributed by atoms with E-state index in [0.717, 1.165) is 11.3 Å². The van der Waals surface area contributed by atoms with Gasteiger partial charge in [-0.3, -0.25) is 9.59 Å². The molecule has 1 heterocycles. The lowest BCUT2D eigenvalue weighted by Gasteiger charge is -2.24. The van der Waals surface area contributed by atoms with Crippen LogP contribution in [0.4, 0.5) is 5.69 Å². The third-order valence-electron chi connectivity index (χ3n) is 3.87. The second-order valence-corrected chi connectivity index (χ2v) is 5.96. The zero-order chi connectivity index (χ0) is 17.1. The monoisotopic (exact) mass is 345 g/mol. The maximum absolute atomic E-state index is 12.3. The molecule has 1 N–H and O–H groups in total. The predicted molar refractivity (Wildman–Crippen MR) is 90.6 cm³/mol. The van der Waals surface area contributed by atoms with Gasteiger partial charge in [0.2, 0.25) is 0 Å². The van der Waals surface area contributed by atoms with Crippen LogP contribution in [0.2, 0.25) is 5.02 Å². The van der Waals surface area contributed by atoms with E-state index in [1.165, 1.54) is 7.11 Å². The summed E-state index contributed by atoms with van der Waals surface area (Å²) in [5.41, 5.74) is 2.02. The second kappa shape index (κ2) is 6.93. The molecule has 5 nitrogen and oxygen atoms in total. The number of rotatable bonds is 3. The van der Waals surface area contributed by atoms with Gasteiger partial charge in [0.1, 0.15) is 12.4 Å². The van der Waals surface area contributed by atoms with Crippen LogP contribution in [0.1, 0.15) is 15.9 Å². The average Bonchev–Trinajstić information content (AvgIpc) is 2.61. The Kier molecular flexibility index (Phi) is 4.71. The first kappa shape index (κ1) is 16.3. The minimum atomic E-state index is -0.329. The van der Waals surface area contributed by atoms with Gasteiger partial charge in [0, 0.05) is 16.3 Å². The van der Waals surface area contributed by atoms with Crippen molar-refractivity contribution in [3.63, 3.8) is 0 Å². The van der Waals surface area contributed by atoms with Gasteiger partial charge in [0.05, 0.1) is 13.0 Å². The number of anilines is 1. The van der Waals surface area contributed by atoms with Crippen LogP contribution in [-0.4, -0.2) is 25.6 Å². The van der Waals surface area contributed by atoms with E-state index in [9.17, 15) is 9.59 Å². The molecule has 0 aromatic heterocycles. The summed E-state index contributed by atoms with van der Waals surface area (Å²) < 4.78 is 10.4. The number of ether oxygens (including phenoxy) is 2. The number of esters is 1. The van der Waals surface area contributed by atoms with Crippen molar-refractivity contribution in [1.29, 1.82) is 0 Å². The van der Waals surface area contributed by atoms with Crippen molar-refractivity contribution < 1.29 is 19.1 Å². The average molecular weight is 346 g/mol. The van der Waals surface area contributed by atoms with Crippen molar-refractivity contribution in [3.8, 4) is 5.75 Å². The summed E-state index contributed by atoms with van der Waals surface area (Å²) in [5.74, 6) is -0.131. The van der Waals surface area contributed by atoms with Crippen LogP contribution in [0.25, 0.3) is 0 Å². The van der Waals surface area contributed by atoms with E-state index in [1.54, 1.807) is 36.4 Å². The van der Waals surface area contributed by atoms with Crippen molar-refractivity contribution >= 4 is 29.2 Å². The van der Waals surface area contributed by atoms with E-state index in [2.05, 4.69) is 5.32 Å². The quantitative estimate of drug-likeness (QED) is 0.867. The van der Waals surface area contributed by atoms with E-state index in [1.807, 2.05) is 6.07 Å². The molecule has 3 rings (SSSR count). The molecule has 0 aliphatic carbocycles. The Hall–Kier alpha value is -2.53. The molecule has 1 amide bonds. The Morgan fingerprint density at radius 2 is 1.96 bits per heavy atom. The van der Waals surface area contributed by atoms with Crippen molar-refractivity contribution in [3.05, 3.63) is 58.6 Å². The number of fused-ring (bicyclic) bond motifs is 1. The minimum Gasteiger partial charge on any atom is -0.492 e. The topological polar surface area (TPSA) is 64.6 Å². The van der Waals surface area contributed by atoms with Crippen molar-refractivity contribution in [2.45, 2.75) is 6.42 Å². The molecule has 0 bridgehead atoms. The summed E-state index contributed by atoms with van der Waals surface area (Å²) >= 11 is 5.82. The molecule has 0 fully saturated rings. The molecule has 1 unspecified atom stereocenters. The van der Waals surface area contributed by atoms with E-state index < -0.39 is 0 Å². The number of carbonyl (C=O) groups is 2. The van der Waals surface area contributed by atoms with Crippen LogP contribution < -0.4 is 10.1 Å². The maximum atomic E-state index is 12.3. The van der Waals surface area contributed by atoms with Gasteiger partial charge in [0.25, 0.3) is 5.91 Å². The van der Waals surface area contributed by atoms with Crippen LogP contribution >= 0.6 is 11.6 Å². The number of benzene rings is 2. The summed E-state index contributed by atoms with van der Waals surface area (Å²) in [7, 11) is 1.36. The van der Waals surface area contributed by atoms with Gasteiger partial charge in [0.15, 0.2) is 0 Å². The Bertz CT molecular complexity index is 773.